The van der Waals surface area contributed by atoms with Gasteiger partial charge in [-0.15, -0.1) is 0 Å². The van der Waals surface area contributed by atoms with E-state index in [4.69, 9.17) is 10.5 Å². The van der Waals surface area contributed by atoms with E-state index in [1.165, 1.54) is 11.3 Å². The summed E-state index contributed by atoms with van der Waals surface area (Å²) in [6.45, 7) is 3.42. The van der Waals surface area contributed by atoms with Gasteiger partial charge in [0.05, 0.1) is 6.61 Å². The van der Waals surface area contributed by atoms with Crippen LogP contribution in [0.1, 0.15) is 17.5 Å². The molecule has 0 unspecified atom stereocenters. The molecule has 2 aromatic rings. The van der Waals surface area contributed by atoms with Crippen molar-refractivity contribution in [3.63, 3.8) is 0 Å². The highest BCUT2D eigenvalue weighted by molar-refractivity contribution is 5.57. The zero-order valence-corrected chi connectivity index (χ0v) is 12.3. The van der Waals surface area contributed by atoms with Gasteiger partial charge < -0.3 is 15.4 Å². The SMILES string of the molecule is NCc1ccccc1OCCCN1CCc2ccccc21. The number of hydrogen-bond acceptors (Lipinski definition) is 3. The highest BCUT2D eigenvalue weighted by Crippen LogP contribution is 2.27. The molecule has 3 nitrogen and oxygen atoms in total. The molecular formula is C18H22N2O. The third-order valence-corrected chi connectivity index (χ3v) is 4.01. The van der Waals surface area contributed by atoms with E-state index >= 15 is 0 Å². The Kier molecular flexibility index (Phi) is 4.41. The number of nitrogens with zero attached hydrogens (tertiary/aromatic N) is 1. The number of fused-ring (bicyclic) bond motifs is 1. The molecule has 0 aliphatic carbocycles. The first-order chi connectivity index (χ1) is 10.4. The van der Waals surface area contributed by atoms with Crippen LogP contribution in [0.4, 0.5) is 5.69 Å². The molecule has 0 atom stereocenters. The maximum absolute atomic E-state index is 5.87. The zero-order chi connectivity index (χ0) is 14.5. The van der Waals surface area contributed by atoms with E-state index in [9.17, 15) is 0 Å². The number of rotatable bonds is 6. The molecule has 3 heteroatoms. The monoisotopic (exact) mass is 282 g/mol. The third-order valence-electron chi connectivity index (χ3n) is 4.01. The van der Waals surface area contributed by atoms with Crippen LogP contribution < -0.4 is 15.4 Å². The van der Waals surface area contributed by atoms with Crippen molar-refractivity contribution in [3.8, 4) is 5.75 Å². The van der Waals surface area contributed by atoms with Crippen LogP contribution in [0.25, 0.3) is 0 Å². The molecule has 21 heavy (non-hydrogen) atoms. The minimum absolute atomic E-state index is 0.523. The summed E-state index contributed by atoms with van der Waals surface area (Å²) < 4.78 is 5.87. The molecule has 2 N–H and O–H groups in total. The topological polar surface area (TPSA) is 38.5 Å². The van der Waals surface area contributed by atoms with Crippen molar-refractivity contribution in [1.29, 1.82) is 0 Å². The molecule has 0 fully saturated rings. The summed E-state index contributed by atoms with van der Waals surface area (Å²) in [4.78, 5) is 2.45. The second-order valence-corrected chi connectivity index (χ2v) is 5.38. The van der Waals surface area contributed by atoms with Gasteiger partial charge in [-0.25, -0.2) is 0 Å². The van der Waals surface area contributed by atoms with Crippen LogP contribution in [0.2, 0.25) is 0 Å². The van der Waals surface area contributed by atoms with Gasteiger partial charge in [0.15, 0.2) is 0 Å². The van der Waals surface area contributed by atoms with Gasteiger partial charge in [-0.3, -0.25) is 0 Å². The summed E-state index contributed by atoms with van der Waals surface area (Å²) >= 11 is 0. The lowest BCUT2D eigenvalue weighted by molar-refractivity contribution is 0.309. The van der Waals surface area contributed by atoms with Crippen LogP contribution in [0.5, 0.6) is 5.75 Å². The van der Waals surface area contributed by atoms with Crippen molar-refractivity contribution in [2.45, 2.75) is 19.4 Å². The number of ether oxygens (including phenoxy) is 1. The summed E-state index contributed by atoms with van der Waals surface area (Å²) in [5.74, 6) is 0.918. The van der Waals surface area contributed by atoms with E-state index in [2.05, 4.69) is 29.2 Å². The van der Waals surface area contributed by atoms with Gasteiger partial charge in [-0.05, 0) is 30.5 Å². The Hall–Kier alpha value is -2.00. The quantitative estimate of drug-likeness (QED) is 0.828. The summed E-state index contributed by atoms with van der Waals surface area (Å²) in [7, 11) is 0. The molecule has 2 aromatic carbocycles. The smallest absolute Gasteiger partial charge is 0.123 e. The van der Waals surface area contributed by atoms with Gasteiger partial charge in [0.2, 0.25) is 0 Å². The van der Waals surface area contributed by atoms with Gasteiger partial charge in [0.25, 0.3) is 0 Å². The predicted octanol–water partition coefficient (Wildman–Crippen LogP) is 2.98. The number of hydrogen-bond donors (Lipinski definition) is 1. The lowest BCUT2D eigenvalue weighted by Crippen LogP contribution is -2.23. The van der Waals surface area contributed by atoms with Crippen LogP contribution in [0.15, 0.2) is 48.5 Å². The van der Waals surface area contributed by atoms with Crippen molar-refractivity contribution in [2.75, 3.05) is 24.6 Å². The van der Waals surface area contributed by atoms with E-state index in [-0.39, 0.29) is 0 Å². The van der Waals surface area contributed by atoms with Crippen LogP contribution >= 0.6 is 0 Å². The highest BCUT2D eigenvalue weighted by atomic mass is 16.5. The van der Waals surface area contributed by atoms with Crippen LogP contribution in [-0.4, -0.2) is 19.7 Å². The maximum Gasteiger partial charge on any atom is 0.123 e. The summed E-state index contributed by atoms with van der Waals surface area (Å²) in [6.07, 6.45) is 2.18. The van der Waals surface area contributed by atoms with E-state index in [1.54, 1.807) is 0 Å². The Labute approximate surface area is 126 Å². The Morgan fingerprint density at radius 3 is 2.76 bits per heavy atom. The Balaban J connectivity index is 1.49. The fourth-order valence-electron chi connectivity index (χ4n) is 2.89. The second-order valence-electron chi connectivity index (χ2n) is 5.38. The molecule has 0 aromatic heterocycles. The predicted molar refractivity (Wildman–Crippen MR) is 86.8 cm³/mol. The molecule has 0 amide bonds. The summed E-state index contributed by atoms with van der Waals surface area (Å²) in [5, 5.41) is 0. The molecule has 0 bridgehead atoms. The first-order valence-electron chi connectivity index (χ1n) is 7.62. The number of nitrogens with two attached hydrogens (primary N) is 1. The van der Waals surface area contributed by atoms with Crippen LogP contribution in [-0.2, 0) is 13.0 Å². The molecule has 0 saturated heterocycles. The Morgan fingerprint density at radius 2 is 1.86 bits per heavy atom. The largest absolute Gasteiger partial charge is 0.493 e. The lowest BCUT2D eigenvalue weighted by atomic mass is 10.2. The van der Waals surface area contributed by atoms with Gasteiger partial charge in [-0.2, -0.15) is 0 Å². The molecule has 0 radical (unpaired) electrons. The van der Waals surface area contributed by atoms with Crippen molar-refractivity contribution in [2.24, 2.45) is 5.73 Å². The van der Waals surface area contributed by atoms with E-state index in [0.717, 1.165) is 43.9 Å². The molecule has 1 heterocycles. The van der Waals surface area contributed by atoms with Crippen molar-refractivity contribution in [3.05, 3.63) is 59.7 Å². The normalized spacial score (nSPS) is 13.3. The van der Waals surface area contributed by atoms with Crippen molar-refractivity contribution >= 4 is 5.69 Å². The second kappa shape index (κ2) is 6.64. The highest BCUT2D eigenvalue weighted by Gasteiger charge is 2.17. The molecule has 3 rings (SSSR count). The molecule has 0 spiro atoms. The zero-order valence-electron chi connectivity index (χ0n) is 12.3. The van der Waals surface area contributed by atoms with Gasteiger partial charge in [-0.1, -0.05) is 36.4 Å². The van der Waals surface area contributed by atoms with Crippen LogP contribution in [0, 0.1) is 0 Å². The van der Waals surface area contributed by atoms with E-state index < -0.39 is 0 Å². The Morgan fingerprint density at radius 1 is 1.05 bits per heavy atom. The minimum atomic E-state index is 0.523. The van der Waals surface area contributed by atoms with Crippen molar-refractivity contribution < 1.29 is 4.74 Å². The number of para-hydroxylation sites is 2. The molecule has 1 aliphatic heterocycles. The fraction of sp³-hybridized carbons (Fsp3) is 0.333. The van der Waals surface area contributed by atoms with Gasteiger partial charge >= 0.3 is 0 Å². The van der Waals surface area contributed by atoms with Gasteiger partial charge in [0, 0.05) is 30.9 Å². The first kappa shape index (κ1) is 14.0. The first-order valence-corrected chi connectivity index (χ1v) is 7.62. The number of benzene rings is 2. The number of anilines is 1. The molecule has 110 valence electrons. The lowest BCUT2D eigenvalue weighted by Gasteiger charge is -2.19. The fourth-order valence-corrected chi connectivity index (χ4v) is 2.89. The minimum Gasteiger partial charge on any atom is -0.493 e. The summed E-state index contributed by atoms with van der Waals surface area (Å²) in [5.41, 5.74) is 9.65. The average Bonchev–Trinajstić information content (AvgIpc) is 2.95. The molecule has 1 aliphatic rings. The van der Waals surface area contributed by atoms with Gasteiger partial charge in [0.1, 0.15) is 5.75 Å². The van der Waals surface area contributed by atoms with E-state index in [0.29, 0.717) is 6.54 Å². The van der Waals surface area contributed by atoms with Crippen LogP contribution in [0.3, 0.4) is 0 Å². The third kappa shape index (κ3) is 3.19. The standard InChI is InChI=1S/C18H22N2O/c19-14-16-7-2-4-9-18(16)21-13-5-11-20-12-10-15-6-1-3-8-17(15)20/h1-4,6-9H,5,10-14,19H2. The maximum atomic E-state index is 5.87. The summed E-state index contributed by atoms with van der Waals surface area (Å²) in [6, 6.07) is 16.7. The molecule has 0 saturated carbocycles. The van der Waals surface area contributed by atoms with Crippen molar-refractivity contribution in [1.82, 2.24) is 0 Å². The Bertz CT molecular complexity index is 597. The molecular weight excluding hydrogens is 260 g/mol. The van der Waals surface area contributed by atoms with E-state index in [1.807, 2.05) is 24.3 Å². The average molecular weight is 282 g/mol.